The maximum Gasteiger partial charge on any atom is 0.241 e. The third-order valence-electron chi connectivity index (χ3n) is 3.25. The molecule has 0 bridgehead atoms. The molecule has 0 spiro atoms. The highest BCUT2D eigenvalue weighted by Crippen LogP contribution is 2.18. The van der Waals surface area contributed by atoms with Gasteiger partial charge in [-0.1, -0.05) is 24.3 Å². The van der Waals surface area contributed by atoms with E-state index in [1.54, 1.807) is 13.0 Å². The smallest absolute Gasteiger partial charge is 0.241 e. The van der Waals surface area contributed by atoms with E-state index in [0.717, 1.165) is 0 Å². The Hall–Kier alpha value is -2.05. The summed E-state index contributed by atoms with van der Waals surface area (Å²) in [7, 11) is -3.77. The van der Waals surface area contributed by atoms with Gasteiger partial charge in [-0.05, 0) is 43.7 Å². The van der Waals surface area contributed by atoms with Crippen molar-refractivity contribution in [2.45, 2.75) is 24.8 Å². The van der Waals surface area contributed by atoms with Gasteiger partial charge in [0.05, 0.1) is 4.90 Å². The first kappa shape index (κ1) is 16.3. The van der Waals surface area contributed by atoms with E-state index in [9.17, 15) is 17.6 Å². The summed E-state index contributed by atoms with van der Waals surface area (Å²) in [6, 6.07) is 10.9. The molecule has 1 atom stereocenters. The number of Topliss-reactive ketones (excluding diaryl/α,β-unsaturated/α-hetero) is 1. The molecule has 4 nitrogen and oxygen atoms in total. The molecule has 0 aliphatic carbocycles. The lowest BCUT2D eigenvalue weighted by Crippen LogP contribution is -2.27. The summed E-state index contributed by atoms with van der Waals surface area (Å²) < 4.78 is 40.1. The van der Waals surface area contributed by atoms with Crippen LogP contribution in [0.25, 0.3) is 0 Å². The van der Waals surface area contributed by atoms with Crippen LogP contribution >= 0.6 is 0 Å². The number of sulfonamides is 1. The van der Waals surface area contributed by atoms with E-state index in [-0.39, 0.29) is 16.5 Å². The topological polar surface area (TPSA) is 63.2 Å². The van der Waals surface area contributed by atoms with Gasteiger partial charge in [-0.2, -0.15) is 0 Å². The van der Waals surface area contributed by atoms with Gasteiger partial charge in [0.15, 0.2) is 5.78 Å². The van der Waals surface area contributed by atoms with E-state index in [0.29, 0.717) is 11.1 Å². The number of hydrogen-bond acceptors (Lipinski definition) is 3. The fourth-order valence-electron chi connectivity index (χ4n) is 2.00. The lowest BCUT2D eigenvalue weighted by molar-refractivity contribution is 0.101. The zero-order valence-electron chi connectivity index (χ0n) is 12.2. The number of carbonyl (C=O) groups is 1. The number of nitrogens with one attached hydrogen (secondary N) is 1. The largest absolute Gasteiger partial charge is 0.295 e. The molecule has 2 rings (SSSR count). The fraction of sp³-hybridized carbons (Fsp3) is 0.188. The summed E-state index contributed by atoms with van der Waals surface area (Å²) in [5, 5.41) is 0. The van der Waals surface area contributed by atoms with E-state index >= 15 is 0 Å². The first-order valence-electron chi connectivity index (χ1n) is 6.68. The Labute approximate surface area is 129 Å². The standard InChI is InChI=1S/C16H16FNO3S/c1-11(13-6-8-15(17)9-7-13)18-22(20,21)16-5-3-4-14(10-16)12(2)19/h3-11,18H,1-2H3/t11-/m1/s1. The number of ketones is 1. The van der Waals surface area contributed by atoms with Crippen LogP contribution in [0.2, 0.25) is 0 Å². The molecule has 0 fully saturated rings. The second-order valence-electron chi connectivity index (χ2n) is 4.98. The van der Waals surface area contributed by atoms with E-state index in [4.69, 9.17) is 0 Å². The summed E-state index contributed by atoms with van der Waals surface area (Å²) in [4.78, 5) is 11.4. The van der Waals surface area contributed by atoms with Gasteiger partial charge in [-0.25, -0.2) is 17.5 Å². The molecule has 1 N–H and O–H groups in total. The highest BCUT2D eigenvalue weighted by Gasteiger charge is 2.19. The minimum absolute atomic E-state index is 0.0224. The monoisotopic (exact) mass is 321 g/mol. The summed E-state index contributed by atoms with van der Waals surface area (Å²) in [6.07, 6.45) is 0. The van der Waals surface area contributed by atoms with E-state index < -0.39 is 16.1 Å². The van der Waals surface area contributed by atoms with Crippen LogP contribution in [0.15, 0.2) is 53.4 Å². The molecule has 6 heteroatoms. The van der Waals surface area contributed by atoms with Crippen molar-refractivity contribution in [2.24, 2.45) is 0 Å². The SMILES string of the molecule is CC(=O)c1cccc(S(=O)(=O)N[C@H](C)c2ccc(F)cc2)c1. The molecular weight excluding hydrogens is 305 g/mol. The first-order chi connectivity index (χ1) is 10.3. The van der Waals surface area contributed by atoms with Crippen molar-refractivity contribution in [1.82, 2.24) is 4.72 Å². The third-order valence-corrected chi connectivity index (χ3v) is 4.79. The molecule has 0 saturated heterocycles. The van der Waals surface area contributed by atoms with Crippen molar-refractivity contribution >= 4 is 15.8 Å². The molecule has 0 radical (unpaired) electrons. The van der Waals surface area contributed by atoms with Crippen LogP contribution in [0.3, 0.4) is 0 Å². The third kappa shape index (κ3) is 3.78. The molecule has 0 aliphatic rings. The number of hydrogen-bond donors (Lipinski definition) is 1. The summed E-state index contributed by atoms with van der Waals surface area (Å²) >= 11 is 0. The van der Waals surface area contributed by atoms with Gasteiger partial charge in [0.1, 0.15) is 5.82 Å². The molecule has 0 heterocycles. The van der Waals surface area contributed by atoms with Crippen LogP contribution in [-0.2, 0) is 10.0 Å². The van der Waals surface area contributed by atoms with E-state index in [1.165, 1.54) is 49.4 Å². The lowest BCUT2D eigenvalue weighted by Gasteiger charge is -2.15. The second-order valence-corrected chi connectivity index (χ2v) is 6.69. The lowest BCUT2D eigenvalue weighted by atomic mass is 10.1. The molecule has 0 aliphatic heterocycles. The second kappa shape index (κ2) is 6.37. The van der Waals surface area contributed by atoms with Crippen molar-refractivity contribution in [1.29, 1.82) is 0 Å². The maximum atomic E-state index is 12.9. The van der Waals surface area contributed by atoms with Gasteiger partial charge in [0.2, 0.25) is 10.0 Å². The van der Waals surface area contributed by atoms with Crippen LogP contribution in [0.1, 0.15) is 35.8 Å². The van der Waals surface area contributed by atoms with Crippen molar-refractivity contribution in [2.75, 3.05) is 0 Å². The zero-order chi connectivity index (χ0) is 16.3. The predicted octanol–water partition coefficient (Wildman–Crippen LogP) is 3.07. The molecule has 2 aromatic carbocycles. The van der Waals surface area contributed by atoms with Crippen molar-refractivity contribution in [3.05, 3.63) is 65.5 Å². The highest BCUT2D eigenvalue weighted by atomic mass is 32.2. The van der Waals surface area contributed by atoms with Gasteiger partial charge < -0.3 is 0 Å². The Morgan fingerprint density at radius 2 is 1.77 bits per heavy atom. The quantitative estimate of drug-likeness (QED) is 0.861. The molecular formula is C16H16FNO3S. The summed E-state index contributed by atoms with van der Waals surface area (Å²) in [5.41, 5.74) is 0.977. The molecule has 0 unspecified atom stereocenters. The molecule has 22 heavy (non-hydrogen) atoms. The van der Waals surface area contributed by atoms with Gasteiger partial charge in [0, 0.05) is 11.6 Å². The maximum absolute atomic E-state index is 12.9. The number of rotatable bonds is 5. The predicted molar refractivity (Wildman–Crippen MR) is 81.6 cm³/mol. The molecule has 0 saturated carbocycles. The zero-order valence-corrected chi connectivity index (χ0v) is 13.0. The highest BCUT2D eigenvalue weighted by molar-refractivity contribution is 7.89. The number of halogens is 1. The van der Waals surface area contributed by atoms with Crippen LogP contribution in [0.4, 0.5) is 4.39 Å². The first-order valence-corrected chi connectivity index (χ1v) is 8.17. The average molecular weight is 321 g/mol. The van der Waals surface area contributed by atoms with Gasteiger partial charge >= 0.3 is 0 Å². The van der Waals surface area contributed by atoms with Crippen LogP contribution in [0, 0.1) is 5.82 Å². The number of carbonyl (C=O) groups excluding carboxylic acids is 1. The Kier molecular flexibility index (Phi) is 4.73. The minimum Gasteiger partial charge on any atom is -0.295 e. The minimum atomic E-state index is -3.77. The van der Waals surface area contributed by atoms with Crippen LogP contribution in [0.5, 0.6) is 0 Å². The van der Waals surface area contributed by atoms with Crippen LogP contribution < -0.4 is 4.72 Å². The van der Waals surface area contributed by atoms with Crippen molar-refractivity contribution in [3.63, 3.8) is 0 Å². The molecule has 2 aromatic rings. The Morgan fingerprint density at radius 1 is 1.14 bits per heavy atom. The van der Waals surface area contributed by atoms with Crippen molar-refractivity contribution in [3.8, 4) is 0 Å². The van der Waals surface area contributed by atoms with Crippen LogP contribution in [-0.4, -0.2) is 14.2 Å². The van der Waals surface area contributed by atoms with Gasteiger partial charge in [-0.3, -0.25) is 4.79 Å². The Bertz CT molecular complexity index is 785. The van der Waals surface area contributed by atoms with Gasteiger partial charge in [-0.15, -0.1) is 0 Å². The normalized spacial score (nSPS) is 12.9. The summed E-state index contributed by atoms with van der Waals surface area (Å²) in [6.45, 7) is 3.04. The van der Waals surface area contributed by atoms with E-state index in [2.05, 4.69) is 4.72 Å². The van der Waals surface area contributed by atoms with Crippen molar-refractivity contribution < 1.29 is 17.6 Å². The Balaban J connectivity index is 2.25. The fourth-order valence-corrected chi connectivity index (χ4v) is 3.28. The van der Waals surface area contributed by atoms with E-state index in [1.807, 2.05) is 0 Å². The number of benzene rings is 2. The summed E-state index contributed by atoms with van der Waals surface area (Å²) in [5.74, 6) is -0.586. The molecule has 116 valence electrons. The Morgan fingerprint density at radius 3 is 2.36 bits per heavy atom. The molecule has 0 amide bonds. The van der Waals surface area contributed by atoms with Gasteiger partial charge in [0.25, 0.3) is 0 Å². The average Bonchev–Trinajstić information content (AvgIpc) is 2.47. The molecule has 0 aromatic heterocycles.